The number of halogens is 1. The summed E-state index contributed by atoms with van der Waals surface area (Å²) < 4.78 is 11.6. The van der Waals surface area contributed by atoms with E-state index in [1.54, 1.807) is 6.92 Å². The van der Waals surface area contributed by atoms with Crippen molar-refractivity contribution in [1.82, 2.24) is 0 Å². The van der Waals surface area contributed by atoms with E-state index in [9.17, 15) is 4.39 Å². The molecule has 0 aliphatic heterocycles. The summed E-state index contributed by atoms with van der Waals surface area (Å²) in [6.45, 7) is 2.22. The Balaban J connectivity index is 2.75. The number of alkyl halides is 1. The predicted octanol–water partition coefficient (Wildman–Crippen LogP) is 1.27. The smallest absolute Gasteiger partial charge is 0.128 e. The fourth-order valence-corrected chi connectivity index (χ4v) is 0.105. The summed E-state index contributed by atoms with van der Waals surface area (Å²) in [6.07, 6.45) is -0.777. The minimum atomic E-state index is -1.13. The van der Waals surface area contributed by atoms with Crippen LogP contribution in [-0.2, 0) is 0 Å². The lowest BCUT2D eigenvalue weighted by Crippen LogP contribution is -1.95. The van der Waals surface area contributed by atoms with Gasteiger partial charge in [0, 0.05) is 0 Å². The van der Waals surface area contributed by atoms with E-state index in [0.29, 0.717) is 13.0 Å². The van der Waals surface area contributed by atoms with Crippen LogP contribution in [0.5, 0.6) is 0 Å². The van der Waals surface area contributed by atoms with Crippen LogP contribution in [0.4, 0.5) is 4.39 Å². The van der Waals surface area contributed by atoms with Gasteiger partial charge in [-0.15, -0.1) is 0 Å². The van der Waals surface area contributed by atoms with Gasteiger partial charge in [0.25, 0.3) is 0 Å². The summed E-state index contributed by atoms with van der Waals surface area (Å²) in [5.74, 6) is 0. The van der Waals surface area contributed by atoms with Crippen LogP contribution in [0.2, 0.25) is 0 Å². The Hall–Kier alpha value is -0.110. The van der Waals surface area contributed by atoms with E-state index in [4.69, 9.17) is 5.11 Å². The Morgan fingerprint density at radius 1 is 2.00 bits per heavy atom. The molecule has 0 amide bonds. The van der Waals surface area contributed by atoms with Crippen LogP contribution in [0.15, 0.2) is 0 Å². The van der Waals surface area contributed by atoms with Gasteiger partial charge in [0.05, 0.1) is 0 Å². The van der Waals surface area contributed by atoms with Gasteiger partial charge in [-0.2, -0.15) is 0 Å². The Bertz CT molecular complexity index is 26.7. The molecular weight excluding hydrogens is 83.0 g/mol. The topological polar surface area (TPSA) is 20.2 Å². The highest BCUT2D eigenvalue weighted by Gasteiger charge is 1.96. The van der Waals surface area contributed by atoms with E-state index in [2.05, 4.69) is 0 Å². The average Bonchev–Trinajstić information content (AvgIpc) is 1.65. The minimum absolute atomic E-state index is 0.358. The Labute approximate surface area is 36.8 Å². The van der Waals surface area contributed by atoms with Crippen molar-refractivity contribution in [3.8, 4) is 0 Å². The second-order valence-electron chi connectivity index (χ2n) is 1.07. The average molecular weight is 91.1 g/mol. The molecular formula is C4H8FO. The zero-order valence-electron chi connectivity index (χ0n) is 3.69. The van der Waals surface area contributed by atoms with Gasteiger partial charge in [-0.1, -0.05) is 6.92 Å². The summed E-state index contributed by atoms with van der Waals surface area (Å²) in [4.78, 5) is 0. The molecule has 6 heavy (non-hydrogen) atoms. The fourth-order valence-electron chi connectivity index (χ4n) is 0.105. The first kappa shape index (κ1) is 5.89. The lowest BCUT2D eigenvalue weighted by Gasteiger charge is -1.92. The lowest BCUT2D eigenvalue weighted by atomic mass is 10.3. The van der Waals surface area contributed by atoms with E-state index in [-0.39, 0.29) is 0 Å². The van der Waals surface area contributed by atoms with Gasteiger partial charge in [-0.25, -0.2) is 4.39 Å². The van der Waals surface area contributed by atoms with E-state index < -0.39 is 6.17 Å². The van der Waals surface area contributed by atoms with Gasteiger partial charge in [0.2, 0.25) is 0 Å². The van der Waals surface area contributed by atoms with Crippen LogP contribution in [0.3, 0.4) is 0 Å². The van der Waals surface area contributed by atoms with E-state index in [1.165, 1.54) is 0 Å². The molecule has 1 N–H and O–H groups in total. The Kier molecular flexibility index (Phi) is 3.04. The molecule has 0 bridgehead atoms. The largest absolute Gasteiger partial charge is 0.387 e. The normalized spacial score (nSPS) is 14.5. The van der Waals surface area contributed by atoms with Crippen molar-refractivity contribution in [3.63, 3.8) is 0 Å². The zero-order chi connectivity index (χ0) is 4.99. The molecule has 0 saturated heterocycles. The lowest BCUT2D eigenvalue weighted by molar-refractivity contribution is 0.243. The van der Waals surface area contributed by atoms with Crippen LogP contribution in [0, 0.1) is 6.61 Å². The summed E-state index contributed by atoms with van der Waals surface area (Å²) in [7, 11) is 0. The summed E-state index contributed by atoms with van der Waals surface area (Å²) in [6, 6.07) is 0. The summed E-state index contributed by atoms with van der Waals surface area (Å²) in [5, 5.41) is 7.83. The molecule has 0 fully saturated rings. The fraction of sp³-hybridized carbons (Fsp3) is 0.750. The molecule has 1 radical (unpaired) electrons. The number of hydrogen-bond donors (Lipinski definition) is 1. The molecule has 0 aliphatic carbocycles. The quantitative estimate of drug-likeness (QED) is 0.542. The van der Waals surface area contributed by atoms with Crippen LogP contribution in [-0.4, -0.2) is 11.3 Å². The number of aliphatic hydroxyl groups excluding tert-OH is 1. The van der Waals surface area contributed by atoms with Crippen LogP contribution in [0.25, 0.3) is 0 Å². The zero-order valence-corrected chi connectivity index (χ0v) is 3.69. The van der Waals surface area contributed by atoms with Crippen molar-refractivity contribution in [2.24, 2.45) is 0 Å². The first-order valence-corrected chi connectivity index (χ1v) is 1.93. The third-order valence-electron chi connectivity index (χ3n) is 0.552. The van der Waals surface area contributed by atoms with Crippen molar-refractivity contribution in [1.29, 1.82) is 0 Å². The maximum absolute atomic E-state index is 11.6. The van der Waals surface area contributed by atoms with E-state index in [0.717, 1.165) is 0 Å². The highest BCUT2D eigenvalue weighted by molar-refractivity contribution is 4.58. The third-order valence-corrected chi connectivity index (χ3v) is 0.552. The molecule has 0 rings (SSSR count). The second-order valence-corrected chi connectivity index (χ2v) is 1.07. The minimum Gasteiger partial charge on any atom is -0.387 e. The Morgan fingerprint density at radius 3 is 2.50 bits per heavy atom. The summed E-state index contributed by atoms with van der Waals surface area (Å²) >= 11 is 0. The van der Waals surface area contributed by atoms with Crippen molar-refractivity contribution in [2.75, 3.05) is 0 Å². The number of rotatable bonds is 2. The molecule has 1 atom stereocenters. The molecule has 0 spiro atoms. The highest BCUT2D eigenvalue weighted by Crippen LogP contribution is 1.95. The van der Waals surface area contributed by atoms with E-state index in [1.807, 2.05) is 0 Å². The highest BCUT2D eigenvalue weighted by atomic mass is 19.1. The van der Waals surface area contributed by atoms with Gasteiger partial charge in [0.1, 0.15) is 12.8 Å². The molecule has 0 aromatic carbocycles. The third kappa shape index (κ3) is 2.15. The first-order valence-electron chi connectivity index (χ1n) is 1.93. The van der Waals surface area contributed by atoms with Crippen LogP contribution in [0.1, 0.15) is 13.3 Å². The molecule has 1 unspecified atom stereocenters. The predicted molar refractivity (Wildman–Crippen MR) is 21.4 cm³/mol. The van der Waals surface area contributed by atoms with Gasteiger partial charge >= 0.3 is 0 Å². The molecule has 0 aromatic heterocycles. The maximum atomic E-state index is 11.6. The van der Waals surface area contributed by atoms with Crippen LogP contribution < -0.4 is 0 Å². The monoisotopic (exact) mass is 91.1 g/mol. The first-order chi connectivity index (χ1) is 2.81. The van der Waals surface area contributed by atoms with Crippen molar-refractivity contribution in [3.05, 3.63) is 6.61 Å². The van der Waals surface area contributed by atoms with Crippen molar-refractivity contribution < 1.29 is 9.50 Å². The molecule has 0 heterocycles. The van der Waals surface area contributed by atoms with Gasteiger partial charge in [-0.3, -0.25) is 0 Å². The van der Waals surface area contributed by atoms with Gasteiger partial charge < -0.3 is 5.11 Å². The molecule has 1 nitrogen and oxygen atoms in total. The Morgan fingerprint density at radius 2 is 2.50 bits per heavy atom. The SMILES string of the molecule is CCC(F)[CH]O. The number of aliphatic hydroxyl groups is 1. The van der Waals surface area contributed by atoms with Crippen LogP contribution >= 0.6 is 0 Å². The van der Waals surface area contributed by atoms with E-state index >= 15 is 0 Å². The molecule has 0 saturated carbocycles. The summed E-state index contributed by atoms with van der Waals surface area (Å²) in [5.41, 5.74) is 0. The maximum Gasteiger partial charge on any atom is 0.128 e. The van der Waals surface area contributed by atoms with Gasteiger partial charge in [-0.05, 0) is 6.42 Å². The number of hydrogen-bond acceptors (Lipinski definition) is 1. The molecule has 0 aliphatic rings. The van der Waals surface area contributed by atoms with Crippen molar-refractivity contribution in [2.45, 2.75) is 19.5 Å². The van der Waals surface area contributed by atoms with Crippen molar-refractivity contribution >= 4 is 0 Å². The molecule has 0 aromatic rings. The standard InChI is InChI=1S/C4H8FO/c1-2-4(5)3-6/h3-4,6H,2H2,1H3. The molecule has 2 heteroatoms. The van der Waals surface area contributed by atoms with Gasteiger partial charge in [0.15, 0.2) is 0 Å². The second kappa shape index (κ2) is 3.09. The molecule has 37 valence electrons.